The first kappa shape index (κ1) is 20.8. The summed E-state index contributed by atoms with van der Waals surface area (Å²) in [6.07, 6.45) is 6.39. The summed E-state index contributed by atoms with van der Waals surface area (Å²) in [6.45, 7) is 7.98. The van der Waals surface area contributed by atoms with E-state index in [-0.39, 0.29) is 36.1 Å². The van der Waals surface area contributed by atoms with Crippen LogP contribution in [0.25, 0.3) is 0 Å². The molecule has 0 heterocycles. The van der Waals surface area contributed by atoms with Gasteiger partial charge in [-0.15, -0.1) is 0 Å². The standard InChI is InChI=1S/C22H36O5/c1-14(24)27-12-19(26)20(2)8-7-17-15(9-20)5-6-18-21(3,13-23)10-16(25)11-22(17,18)4/h9,16-19,23,25-26H,5-8,10-13H2,1-4H3/t16-,17-,18-,19?,20+,21+,22+/m1/s1. The van der Waals surface area contributed by atoms with Gasteiger partial charge in [-0.3, -0.25) is 4.79 Å². The molecule has 5 heteroatoms. The lowest BCUT2D eigenvalue weighted by Gasteiger charge is -2.61. The van der Waals surface area contributed by atoms with Crippen LogP contribution in [0, 0.1) is 28.1 Å². The molecular weight excluding hydrogens is 344 g/mol. The quantitative estimate of drug-likeness (QED) is 0.516. The number of aliphatic hydroxyl groups is 3. The average Bonchev–Trinajstić information content (AvgIpc) is 2.58. The SMILES string of the molecule is CC(=O)OCC(O)[C@]1(C)C=C2CC[C@@H]3[C@](C)(CO)C[C@@H](O)C[C@@]3(C)[C@@H]2CC1. The lowest BCUT2D eigenvalue weighted by molar-refractivity contribution is -0.147. The molecule has 3 rings (SSSR count). The van der Waals surface area contributed by atoms with E-state index in [2.05, 4.69) is 19.9 Å². The minimum Gasteiger partial charge on any atom is -0.463 e. The van der Waals surface area contributed by atoms with Crippen LogP contribution >= 0.6 is 0 Å². The van der Waals surface area contributed by atoms with E-state index in [4.69, 9.17) is 4.74 Å². The van der Waals surface area contributed by atoms with Crippen molar-refractivity contribution in [3.05, 3.63) is 11.6 Å². The van der Waals surface area contributed by atoms with E-state index < -0.39 is 11.5 Å². The maximum atomic E-state index is 11.1. The van der Waals surface area contributed by atoms with Crippen molar-refractivity contribution in [2.45, 2.75) is 78.4 Å². The van der Waals surface area contributed by atoms with Crippen LogP contribution in [0.4, 0.5) is 0 Å². The van der Waals surface area contributed by atoms with Gasteiger partial charge in [0.25, 0.3) is 0 Å². The number of hydrogen-bond acceptors (Lipinski definition) is 5. The normalized spacial score (nSPS) is 45.3. The van der Waals surface area contributed by atoms with Gasteiger partial charge >= 0.3 is 5.97 Å². The Morgan fingerprint density at radius 2 is 2.00 bits per heavy atom. The second-order valence-electron chi connectivity index (χ2n) is 10.1. The second-order valence-corrected chi connectivity index (χ2v) is 10.1. The molecule has 0 bridgehead atoms. The number of rotatable bonds is 4. The third-order valence-corrected chi connectivity index (χ3v) is 8.03. The van der Waals surface area contributed by atoms with Gasteiger partial charge in [0, 0.05) is 18.9 Å². The van der Waals surface area contributed by atoms with Gasteiger partial charge < -0.3 is 20.1 Å². The molecule has 1 unspecified atom stereocenters. The van der Waals surface area contributed by atoms with E-state index in [0.717, 1.165) is 32.1 Å². The van der Waals surface area contributed by atoms with E-state index in [1.54, 1.807) is 0 Å². The topological polar surface area (TPSA) is 87.0 Å². The van der Waals surface area contributed by atoms with Gasteiger partial charge in [0.1, 0.15) is 6.61 Å². The number of fused-ring (bicyclic) bond motifs is 3. The first-order chi connectivity index (χ1) is 12.5. The summed E-state index contributed by atoms with van der Waals surface area (Å²) in [5, 5.41) is 31.3. The molecular formula is C22H36O5. The van der Waals surface area contributed by atoms with Crippen molar-refractivity contribution in [3.63, 3.8) is 0 Å². The summed E-state index contributed by atoms with van der Waals surface area (Å²) < 4.78 is 5.04. The molecule has 0 aromatic rings. The van der Waals surface area contributed by atoms with Crippen molar-refractivity contribution in [3.8, 4) is 0 Å². The lowest BCUT2D eigenvalue weighted by atomic mass is 9.44. The fourth-order valence-electron chi connectivity index (χ4n) is 6.63. The van der Waals surface area contributed by atoms with E-state index in [1.165, 1.54) is 12.5 Å². The molecule has 2 saturated carbocycles. The van der Waals surface area contributed by atoms with Crippen molar-refractivity contribution in [1.29, 1.82) is 0 Å². The highest BCUT2D eigenvalue weighted by Gasteiger charge is 2.58. The van der Waals surface area contributed by atoms with Crippen molar-refractivity contribution in [2.24, 2.45) is 28.1 Å². The van der Waals surface area contributed by atoms with Gasteiger partial charge in [0.05, 0.1) is 12.2 Å². The molecule has 27 heavy (non-hydrogen) atoms. The van der Waals surface area contributed by atoms with E-state index in [1.807, 2.05) is 6.92 Å². The molecule has 3 aliphatic carbocycles. The molecule has 3 aliphatic rings. The van der Waals surface area contributed by atoms with Gasteiger partial charge in [-0.25, -0.2) is 0 Å². The van der Waals surface area contributed by atoms with Gasteiger partial charge in [-0.1, -0.05) is 32.4 Å². The highest BCUT2D eigenvalue weighted by atomic mass is 16.5. The molecule has 0 aromatic carbocycles. The first-order valence-electron chi connectivity index (χ1n) is 10.4. The Bertz CT molecular complexity index is 616. The van der Waals surface area contributed by atoms with Crippen LogP contribution < -0.4 is 0 Å². The Labute approximate surface area is 162 Å². The molecule has 154 valence electrons. The number of aliphatic hydroxyl groups excluding tert-OH is 3. The predicted molar refractivity (Wildman–Crippen MR) is 103 cm³/mol. The number of carbonyl (C=O) groups excluding carboxylic acids is 1. The lowest BCUT2D eigenvalue weighted by Crippen LogP contribution is -2.56. The highest BCUT2D eigenvalue weighted by Crippen LogP contribution is 2.63. The van der Waals surface area contributed by atoms with Gasteiger partial charge in [-0.2, -0.15) is 0 Å². The number of allylic oxidation sites excluding steroid dienone is 1. The third kappa shape index (κ3) is 3.58. The number of esters is 1. The van der Waals surface area contributed by atoms with Crippen LogP contribution in [0.2, 0.25) is 0 Å². The maximum Gasteiger partial charge on any atom is 0.302 e. The average molecular weight is 381 g/mol. The summed E-state index contributed by atoms with van der Waals surface area (Å²) in [6, 6.07) is 0. The van der Waals surface area contributed by atoms with E-state index in [9.17, 15) is 20.1 Å². The summed E-state index contributed by atoms with van der Waals surface area (Å²) in [5.41, 5.74) is 0.728. The van der Waals surface area contributed by atoms with Crippen molar-refractivity contribution in [2.75, 3.05) is 13.2 Å². The van der Waals surface area contributed by atoms with E-state index in [0.29, 0.717) is 18.3 Å². The number of hydrogen-bond donors (Lipinski definition) is 3. The Morgan fingerprint density at radius 1 is 1.30 bits per heavy atom. The zero-order chi connectivity index (χ0) is 20.0. The second kappa shape index (κ2) is 7.16. The Kier molecular flexibility index (Phi) is 5.52. The van der Waals surface area contributed by atoms with Crippen molar-refractivity contribution >= 4 is 5.97 Å². The molecule has 7 atom stereocenters. The summed E-state index contributed by atoms with van der Waals surface area (Å²) in [7, 11) is 0. The summed E-state index contributed by atoms with van der Waals surface area (Å²) >= 11 is 0. The Hall–Kier alpha value is -0.910. The fraction of sp³-hybridized carbons (Fsp3) is 0.864. The van der Waals surface area contributed by atoms with E-state index >= 15 is 0 Å². The molecule has 0 radical (unpaired) electrons. The monoisotopic (exact) mass is 380 g/mol. The van der Waals surface area contributed by atoms with Gasteiger partial charge in [0.2, 0.25) is 0 Å². The van der Waals surface area contributed by atoms with Crippen LogP contribution in [-0.4, -0.2) is 46.7 Å². The zero-order valence-electron chi connectivity index (χ0n) is 17.2. The minimum absolute atomic E-state index is 0.0264. The third-order valence-electron chi connectivity index (χ3n) is 8.03. The largest absolute Gasteiger partial charge is 0.463 e. The predicted octanol–water partition coefficient (Wildman–Crippen LogP) is 2.82. The maximum absolute atomic E-state index is 11.1. The molecule has 0 aliphatic heterocycles. The Morgan fingerprint density at radius 3 is 2.63 bits per heavy atom. The highest BCUT2D eigenvalue weighted by molar-refractivity contribution is 5.65. The first-order valence-corrected chi connectivity index (χ1v) is 10.4. The van der Waals surface area contributed by atoms with Crippen LogP contribution in [0.1, 0.15) is 66.2 Å². The van der Waals surface area contributed by atoms with Crippen LogP contribution in [0.5, 0.6) is 0 Å². The van der Waals surface area contributed by atoms with Crippen LogP contribution in [0.3, 0.4) is 0 Å². The fourth-order valence-corrected chi connectivity index (χ4v) is 6.63. The molecule has 0 spiro atoms. The molecule has 0 saturated heterocycles. The molecule has 2 fully saturated rings. The molecule has 0 amide bonds. The molecule has 5 nitrogen and oxygen atoms in total. The summed E-state index contributed by atoms with van der Waals surface area (Å²) in [5.74, 6) is 0.411. The van der Waals surface area contributed by atoms with Crippen molar-refractivity contribution < 1.29 is 24.9 Å². The molecule has 3 N–H and O–H groups in total. The number of ether oxygens (including phenoxy) is 1. The van der Waals surface area contributed by atoms with Gasteiger partial charge in [0.15, 0.2) is 0 Å². The zero-order valence-corrected chi connectivity index (χ0v) is 17.2. The molecule has 0 aromatic heterocycles. The van der Waals surface area contributed by atoms with Gasteiger partial charge in [-0.05, 0) is 61.2 Å². The number of carbonyl (C=O) groups is 1. The summed E-state index contributed by atoms with van der Waals surface area (Å²) in [4.78, 5) is 11.1. The van der Waals surface area contributed by atoms with Crippen LogP contribution in [0.15, 0.2) is 11.6 Å². The smallest absolute Gasteiger partial charge is 0.302 e. The van der Waals surface area contributed by atoms with Crippen molar-refractivity contribution in [1.82, 2.24) is 0 Å². The van der Waals surface area contributed by atoms with Crippen LogP contribution in [-0.2, 0) is 9.53 Å². The Balaban J connectivity index is 1.86. The minimum atomic E-state index is -0.708.